The van der Waals surface area contributed by atoms with Gasteiger partial charge in [-0.15, -0.1) is 0 Å². The summed E-state index contributed by atoms with van der Waals surface area (Å²) in [5, 5.41) is 0.973. The van der Waals surface area contributed by atoms with Gasteiger partial charge in [0.25, 0.3) is 5.91 Å². The third kappa shape index (κ3) is 2.09. The van der Waals surface area contributed by atoms with E-state index in [9.17, 15) is 4.79 Å². The Balaban J connectivity index is 1.76. The molecule has 5 rings (SSSR count). The number of carbonyl (C=O) groups is 1. The first-order valence-electron chi connectivity index (χ1n) is 8.13. The number of anilines is 2. The number of nitrogens with two attached hydrogens (primary N) is 1. The Kier molecular flexibility index (Phi) is 2.98. The summed E-state index contributed by atoms with van der Waals surface area (Å²) in [5.41, 5.74) is 8.39. The van der Waals surface area contributed by atoms with E-state index in [1.54, 1.807) is 12.1 Å². The smallest absolute Gasteiger partial charge is 0.250 e. The van der Waals surface area contributed by atoms with Crippen LogP contribution < -0.4 is 15.4 Å². The van der Waals surface area contributed by atoms with Crippen molar-refractivity contribution < 1.29 is 14.3 Å². The molecular formula is C18H16N4O3. The number of hydrogen-bond donors (Lipinski definition) is 2. The fraction of sp³-hybridized carbons (Fsp3) is 0.222. The summed E-state index contributed by atoms with van der Waals surface area (Å²) < 4.78 is 11.7. The highest BCUT2D eigenvalue weighted by Gasteiger charge is 2.42. The maximum atomic E-state index is 12.0. The largest absolute Gasteiger partial charge is 0.468 e. The van der Waals surface area contributed by atoms with E-state index in [0.717, 1.165) is 22.4 Å². The number of aromatic nitrogens is 2. The molecule has 1 aromatic carbocycles. The molecule has 4 heterocycles. The number of benzene rings is 1. The number of fused-ring (bicyclic) bond motifs is 3. The Labute approximate surface area is 143 Å². The highest BCUT2D eigenvalue weighted by molar-refractivity contribution is 6.00. The van der Waals surface area contributed by atoms with Crippen LogP contribution in [0.1, 0.15) is 10.4 Å². The van der Waals surface area contributed by atoms with Crippen LogP contribution in [0, 0.1) is 0 Å². The SMILES string of the molecule is NC(=O)c1ccccc1N1c2cc3cc[nH]c3nc2O[C@H]2COC[C@@H]21. The van der Waals surface area contributed by atoms with E-state index >= 15 is 0 Å². The van der Waals surface area contributed by atoms with Crippen LogP contribution in [0.25, 0.3) is 11.0 Å². The number of ether oxygens (including phenoxy) is 2. The summed E-state index contributed by atoms with van der Waals surface area (Å²) in [6.07, 6.45) is 1.70. The number of hydrogen-bond acceptors (Lipinski definition) is 5. The van der Waals surface area contributed by atoms with Crippen LogP contribution in [0.3, 0.4) is 0 Å². The quantitative estimate of drug-likeness (QED) is 0.746. The van der Waals surface area contributed by atoms with Gasteiger partial charge in [-0.1, -0.05) is 12.1 Å². The Hall–Kier alpha value is -3.06. The van der Waals surface area contributed by atoms with Crippen LogP contribution in [0.4, 0.5) is 11.4 Å². The molecule has 1 saturated heterocycles. The molecule has 126 valence electrons. The van der Waals surface area contributed by atoms with Crippen LogP contribution in [0.2, 0.25) is 0 Å². The number of primary amides is 1. The van der Waals surface area contributed by atoms with Gasteiger partial charge in [0.2, 0.25) is 5.88 Å². The van der Waals surface area contributed by atoms with Crippen molar-refractivity contribution >= 4 is 28.3 Å². The number of nitrogens with zero attached hydrogens (tertiary/aromatic N) is 2. The number of aromatic amines is 1. The third-order valence-electron chi connectivity index (χ3n) is 4.76. The fourth-order valence-electron chi connectivity index (χ4n) is 3.61. The van der Waals surface area contributed by atoms with Crippen LogP contribution in [-0.2, 0) is 4.74 Å². The molecule has 25 heavy (non-hydrogen) atoms. The average Bonchev–Trinajstić information content (AvgIpc) is 3.26. The molecule has 3 aromatic rings. The lowest BCUT2D eigenvalue weighted by atomic mass is 10.0. The summed E-state index contributed by atoms with van der Waals surface area (Å²) in [6, 6.07) is 11.3. The fourth-order valence-corrected chi connectivity index (χ4v) is 3.61. The molecule has 3 N–H and O–H groups in total. The first-order chi connectivity index (χ1) is 12.2. The van der Waals surface area contributed by atoms with Crippen LogP contribution in [0.15, 0.2) is 42.6 Å². The van der Waals surface area contributed by atoms with Gasteiger partial charge in [-0.2, -0.15) is 4.98 Å². The van der Waals surface area contributed by atoms with E-state index in [1.807, 2.05) is 30.5 Å². The van der Waals surface area contributed by atoms with Crippen molar-refractivity contribution in [1.82, 2.24) is 9.97 Å². The van der Waals surface area contributed by atoms with Gasteiger partial charge >= 0.3 is 0 Å². The summed E-state index contributed by atoms with van der Waals surface area (Å²) >= 11 is 0. The zero-order valence-corrected chi connectivity index (χ0v) is 13.3. The topological polar surface area (TPSA) is 93.5 Å². The monoisotopic (exact) mass is 336 g/mol. The first kappa shape index (κ1) is 14.3. The molecular weight excluding hydrogens is 320 g/mol. The predicted octanol–water partition coefficient (Wildman–Crippen LogP) is 1.96. The van der Waals surface area contributed by atoms with Crippen molar-refractivity contribution in [3.8, 4) is 5.88 Å². The number of carbonyl (C=O) groups excluding carboxylic acids is 1. The molecule has 0 spiro atoms. The Bertz CT molecular complexity index is 983. The summed E-state index contributed by atoms with van der Waals surface area (Å²) in [4.78, 5) is 21.7. The highest BCUT2D eigenvalue weighted by atomic mass is 16.6. The van der Waals surface area contributed by atoms with E-state index in [-0.39, 0.29) is 12.1 Å². The van der Waals surface area contributed by atoms with Gasteiger partial charge in [0.1, 0.15) is 17.4 Å². The van der Waals surface area contributed by atoms with Crippen molar-refractivity contribution in [3.63, 3.8) is 0 Å². The Morgan fingerprint density at radius 1 is 1.24 bits per heavy atom. The number of rotatable bonds is 2. The molecule has 0 aliphatic carbocycles. The van der Waals surface area contributed by atoms with Crippen LogP contribution in [-0.4, -0.2) is 41.2 Å². The lowest BCUT2D eigenvalue weighted by Gasteiger charge is -2.39. The molecule has 7 nitrogen and oxygen atoms in total. The lowest BCUT2D eigenvalue weighted by Crippen LogP contribution is -2.47. The maximum Gasteiger partial charge on any atom is 0.250 e. The number of para-hydroxylation sites is 1. The highest BCUT2D eigenvalue weighted by Crippen LogP contribution is 2.43. The molecule has 1 amide bonds. The minimum atomic E-state index is -0.463. The van der Waals surface area contributed by atoms with Crippen molar-refractivity contribution in [1.29, 1.82) is 0 Å². The normalized spacial score (nSPS) is 21.7. The van der Waals surface area contributed by atoms with E-state index in [1.165, 1.54) is 0 Å². The van der Waals surface area contributed by atoms with Crippen LogP contribution in [0.5, 0.6) is 5.88 Å². The molecule has 0 radical (unpaired) electrons. The standard InChI is InChI=1S/C18H16N4O3/c19-16(23)11-3-1-2-4-12(11)22-13-7-10-5-6-20-17(10)21-18(13)25-15-9-24-8-14(15)22/h1-7,14-15H,8-9H2,(H2,19,23)(H,20,21)/t14-,15-/m0/s1. The Morgan fingerprint density at radius 2 is 2.12 bits per heavy atom. The summed E-state index contributed by atoms with van der Waals surface area (Å²) in [6.45, 7) is 1.01. The molecule has 0 bridgehead atoms. The molecule has 7 heteroatoms. The molecule has 2 aliphatic heterocycles. The predicted molar refractivity (Wildman–Crippen MR) is 92.2 cm³/mol. The molecule has 2 aliphatic rings. The van der Waals surface area contributed by atoms with Crippen molar-refractivity contribution in [2.75, 3.05) is 18.1 Å². The molecule has 2 atom stereocenters. The minimum absolute atomic E-state index is 0.0359. The van der Waals surface area contributed by atoms with Gasteiger partial charge in [0.05, 0.1) is 30.5 Å². The van der Waals surface area contributed by atoms with Crippen molar-refractivity contribution in [2.24, 2.45) is 5.73 Å². The first-order valence-corrected chi connectivity index (χ1v) is 8.13. The molecule has 0 saturated carbocycles. The maximum absolute atomic E-state index is 12.0. The van der Waals surface area contributed by atoms with Crippen molar-refractivity contribution in [3.05, 3.63) is 48.2 Å². The molecule has 0 unspecified atom stereocenters. The van der Waals surface area contributed by atoms with Gasteiger partial charge in [0.15, 0.2) is 0 Å². The summed E-state index contributed by atoms with van der Waals surface area (Å²) in [7, 11) is 0. The number of amides is 1. The lowest BCUT2D eigenvalue weighted by molar-refractivity contribution is 0.100. The third-order valence-corrected chi connectivity index (χ3v) is 4.76. The Morgan fingerprint density at radius 3 is 3.00 bits per heavy atom. The van der Waals surface area contributed by atoms with Crippen LogP contribution >= 0.6 is 0 Å². The van der Waals surface area contributed by atoms with E-state index < -0.39 is 5.91 Å². The average molecular weight is 336 g/mol. The molecule has 1 fully saturated rings. The number of H-pyrrole nitrogens is 1. The van der Waals surface area contributed by atoms with Gasteiger partial charge in [-0.25, -0.2) is 0 Å². The zero-order chi connectivity index (χ0) is 17.0. The van der Waals surface area contributed by atoms with E-state index in [0.29, 0.717) is 24.7 Å². The number of pyridine rings is 1. The summed E-state index contributed by atoms with van der Waals surface area (Å²) in [5.74, 6) is 0.0655. The number of nitrogens with one attached hydrogen (secondary N) is 1. The zero-order valence-electron chi connectivity index (χ0n) is 13.3. The van der Waals surface area contributed by atoms with E-state index in [4.69, 9.17) is 15.2 Å². The van der Waals surface area contributed by atoms with E-state index in [2.05, 4.69) is 14.9 Å². The minimum Gasteiger partial charge on any atom is -0.468 e. The second kappa shape index (κ2) is 5.22. The second-order valence-electron chi connectivity index (χ2n) is 6.24. The van der Waals surface area contributed by atoms with Gasteiger partial charge in [-0.05, 0) is 24.3 Å². The second-order valence-corrected chi connectivity index (χ2v) is 6.24. The van der Waals surface area contributed by atoms with Crippen molar-refractivity contribution in [2.45, 2.75) is 12.1 Å². The van der Waals surface area contributed by atoms with Gasteiger partial charge < -0.3 is 25.1 Å². The molecule has 2 aromatic heterocycles. The van der Waals surface area contributed by atoms with Gasteiger partial charge in [-0.3, -0.25) is 4.79 Å². The van der Waals surface area contributed by atoms with Gasteiger partial charge in [0, 0.05) is 11.6 Å².